The molecule has 0 fully saturated rings. The zero-order chi connectivity index (χ0) is 12.4. The quantitative estimate of drug-likeness (QED) is 0.883. The average molecular weight is 231 g/mol. The predicted molar refractivity (Wildman–Crippen MR) is 69.7 cm³/mol. The number of hydrogen-bond donors (Lipinski definition) is 1. The highest BCUT2D eigenvalue weighted by molar-refractivity contribution is 5.94. The third-order valence-corrected chi connectivity index (χ3v) is 2.92. The van der Waals surface area contributed by atoms with E-state index in [9.17, 15) is 0 Å². The standard InChI is InChI=1S/C14H17NO2/c1-9(15)10-7-8-11-12(14(10)17-3)5-4-6-13(11)16-2/h4-9H,15H2,1-3H3. The maximum Gasteiger partial charge on any atom is 0.131 e. The molecule has 2 aromatic carbocycles. The summed E-state index contributed by atoms with van der Waals surface area (Å²) >= 11 is 0. The molecule has 0 heterocycles. The molecule has 0 aromatic heterocycles. The van der Waals surface area contributed by atoms with Gasteiger partial charge in [-0.1, -0.05) is 24.3 Å². The predicted octanol–water partition coefficient (Wildman–Crippen LogP) is 2.88. The van der Waals surface area contributed by atoms with E-state index in [1.165, 1.54) is 0 Å². The van der Waals surface area contributed by atoms with Gasteiger partial charge < -0.3 is 15.2 Å². The van der Waals surface area contributed by atoms with Gasteiger partial charge in [-0.25, -0.2) is 0 Å². The second-order valence-corrected chi connectivity index (χ2v) is 4.03. The summed E-state index contributed by atoms with van der Waals surface area (Å²) in [4.78, 5) is 0. The molecule has 0 aliphatic heterocycles. The molecule has 0 aliphatic rings. The first-order valence-electron chi connectivity index (χ1n) is 5.58. The van der Waals surface area contributed by atoms with Crippen molar-refractivity contribution in [3.63, 3.8) is 0 Å². The van der Waals surface area contributed by atoms with Crippen molar-refractivity contribution in [3.8, 4) is 11.5 Å². The monoisotopic (exact) mass is 231 g/mol. The summed E-state index contributed by atoms with van der Waals surface area (Å²) in [6.07, 6.45) is 0. The van der Waals surface area contributed by atoms with Crippen LogP contribution in [-0.4, -0.2) is 14.2 Å². The van der Waals surface area contributed by atoms with Gasteiger partial charge in [-0.3, -0.25) is 0 Å². The van der Waals surface area contributed by atoms with Gasteiger partial charge in [0.25, 0.3) is 0 Å². The van der Waals surface area contributed by atoms with Crippen molar-refractivity contribution in [1.29, 1.82) is 0 Å². The summed E-state index contributed by atoms with van der Waals surface area (Å²) in [6, 6.07) is 9.87. The first kappa shape index (κ1) is 11.7. The van der Waals surface area contributed by atoms with Crippen LogP contribution in [0, 0.1) is 0 Å². The van der Waals surface area contributed by atoms with Crippen LogP contribution in [0.1, 0.15) is 18.5 Å². The van der Waals surface area contributed by atoms with Crippen molar-refractivity contribution in [2.24, 2.45) is 5.73 Å². The van der Waals surface area contributed by atoms with Gasteiger partial charge in [0, 0.05) is 22.4 Å². The van der Waals surface area contributed by atoms with E-state index in [1.54, 1.807) is 14.2 Å². The summed E-state index contributed by atoms with van der Waals surface area (Å²) in [5.41, 5.74) is 6.95. The Balaban J connectivity index is 2.78. The van der Waals surface area contributed by atoms with Crippen molar-refractivity contribution in [3.05, 3.63) is 35.9 Å². The Morgan fingerprint density at radius 1 is 1.00 bits per heavy atom. The molecule has 3 heteroatoms. The van der Waals surface area contributed by atoms with Gasteiger partial charge in [0.15, 0.2) is 0 Å². The van der Waals surface area contributed by atoms with E-state index in [4.69, 9.17) is 15.2 Å². The second-order valence-electron chi connectivity index (χ2n) is 4.03. The van der Waals surface area contributed by atoms with Gasteiger partial charge in [0.05, 0.1) is 14.2 Å². The highest BCUT2D eigenvalue weighted by Gasteiger charge is 2.13. The number of rotatable bonds is 3. The van der Waals surface area contributed by atoms with Gasteiger partial charge >= 0.3 is 0 Å². The first-order chi connectivity index (χ1) is 8.19. The first-order valence-corrected chi connectivity index (χ1v) is 5.58. The number of fused-ring (bicyclic) bond motifs is 1. The van der Waals surface area contributed by atoms with Crippen LogP contribution in [0.15, 0.2) is 30.3 Å². The third-order valence-electron chi connectivity index (χ3n) is 2.92. The zero-order valence-electron chi connectivity index (χ0n) is 10.4. The lowest BCUT2D eigenvalue weighted by molar-refractivity contribution is 0.410. The molecule has 2 rings (SSSR count). The molecule has 2 aromatic rings. The normalized spacial score (nSPS) is 12.5. The van der Waals surface area contributed by atoms with Crippen molar-refractivity contribution in [1.82, 2.24) is 0 Å². The Hall–Kier alpha value is -1.74. The minimum Gasteiger partial charge on any atom is -0.496 e. The molecular formula is C14H17NO2. The van der Waals surface area contributed by atoms with Crippen LogP contribution in [-0.2, 0) is 0 Å². The molecule has 1 atom stereocenters. The lowest BCUT2D eigenvalue weighted by atomic mass is 10.0. The van der Waals surface area contributed by atoms with Crippen LogP contribution in [0.3, 0.4) is 0 Å². The van der Waals surface area contributed by atoms with E-state index < -0.39 is 0 Å². The number of hydrogen-bond acceptors (Lipinski definition) is 3. The Kier molecular flexibility index (Phi) is 3.20. The Labute approximate surface area is 101 Å². The SMILES string of the molecule is COc1cccc2c(OC)c(C(C)N)ccc12. The fourth-order valence-electron chi connectivity index (χ4n) is 2.08. The maximum absolute atomic E-state index is 5.94. The lowest BCUT2D eigenvalue weighted by Gasteiger charge is -2.15. The van der Waals surface area contributed by atoms with E-state index in [0.29, 0.717) is 0 Å². The summed E-state index contributed by atoms with van der Waals surface area (Å²) in [5, 5.41) is 2.07. The largest absolute Gasteiger partial charge is 0.496 e. The highest BCUT2D eigenvalue weighted by atomic mass is 16.5. The molecule has 17 heavy (non-hydrogen) atoms. The zero-order valence-corrected chi connectivity index (χ0v) is 10.4. The summed E-state index contributed by atoms with van der Waals surface area (Å²) in [5.74, 6) is 1.67. The van der Waals surface area contributed by atoms with Gasteiger partial charge in [-0.05, 0) is 13.0 Å². The van der Waals surface area contributed by atoms with Crippen LogP contribution < -0.4 is 15.2 Å². The molecule has 0 bridgehead atoms. The molecule has 0 amide bonds. The van der Waals surface area contributed by atoms with Crippen molar-refractivity contribution in [2.45, 2.75) is 13.0 Å². The van der Waals surface area contributed by atoms with Crippen LogP contribution >= 0.6 is 0 Å². The van der Waals surface area contributed by atoms with E-state index in [-0.39, 0.29) is 6.04 Å². The maximum atomic E-state index is 5.94. The molecule has 0 radical (unpaired) electrons. The molecule has 0 aliphatic carbocycles. The fourth-order valence-corrected chi connectivity index (χ4v) is 2.08. The molecular weight excluding hydrogens is 214 g/mol. The van der Waals surface area contributed by atoms with Gasteiger partial charge in [0.2, 0.25) is 0 Å². The summed E-state index contributed by atoms with van der Waals surface area (Å²) < 4.78 is 10.8. The number of benzene rings is 2. The molecule has 0 spiro atoms. The van der Waals surface area contributed by atoms with Gasteiger partial charge in [0.1, 0.15) is 11.5 Å². The fraction of sp³-hybridized carbons (Fsp3) is 0.286. The molecule has 1 unspecified atom stereocenters. The van der Waals surface area contributed by atoms with Crippen LogP contribution in [0.2, 0.25) is 0 Å². The Bertz CT molecular complexity index is 535. The van der Waals surface area contributed by atoms with Crippen molar-refractivity contribution >= 4 is 10.8 Å². The summed E-state index contributed by atoms with van der Waals surface area (Å²) in [7, 11) is 3.33. The molecule has 2 N–H and O–H groups in total. The second kappa shape index (κ2) is 4.63. The van der Waals surface area contributed by atoms with Gasteiger partial charge in [-0.2, -0.15) is 0 Å². The van der Waals surface area contributed by atoms with Crippen LogP contribution in [0.4, 0.5) is 0 Å². The number of nitrogens with two attached hydrogens (primary N) is 1. The molecule has 0 saturated heterocycles. The highest BCUT2D eigenvalue weighted by Crippen LogP contribution is 2.36. The van der Waals surface area contributed by atoms with Crippen LogP contribution in [0.25, 0.3) is 10.8 Å². The minimum absolute atomic E-state index is 0.0550. The molecule has 3 nitrogen and oxygen atoms in total. The lowest BCUT2D eigenvalue weighted by Crippen LogP contribution is -2.07. The van der Waals surface area contributed by atoms with E-state index in [0.717, 1.165) is 27.8 Å². The third kappa shape index (κ3) is 1.94. The smallest absolute Gasteiger partial charge is 0.131 e. The Morgan fingerprint density at radius 3 is 2.35 bits per heavy atom. The van der Waals surface area contributed by atoms with Crippen molar-refractivity contribution in [2.75, 3.05) is 14.2 Å². The molecule has 90 valence electrons. The minimum atomic E-state index is -0.0550. The number of methoxy groups -OCH3 is 2. The van der Waals surface area contributed by atoms with Gasteiger partial charge in [-0.15, -0.1) is 0 Å². The average Bonchev–Trinajstić information content (AvgIpc) is 2.36. The van der Waals surface area contributed by atoms with Crippen molar-refractivity contribution < 1.29 is 9.47 Å². The van der Waals surface area contributed by atoms with Crippen LogP contribution in [0.5, 0.6) is 11.5 Å². The topological polar surface area (TPSA) is 44.5 Å². The number of ether oxygens (including phenoxy) is 2. The van der Waals surface area contributed by atoms with E-state index >= 15 is 0 Å². The van der Waals surface area contributed by atoms with E-state index in [1.807, 2.05) is 37.3 Å². The van der Waals surface area contributed by atoms with E-state index in [2.05, 4.69) is 0 Å². The molecule has 0 saturated carbocycles. The summed E-state index contributed by atoms with van der Waals surface area (Å²) in [6.45, 7) is 1.95. The Morgan fingerprint density at radius 2 is 1.76 bits per heavy atom.